The number of nitriles is 1. The highest BCUT2D eigenvalue weighted by Gasteiger charge is 2.24. The maximum Gasteiger partial charge on any atom is 0.296 e. The minimum absolute atomic E-state index is 0.0902. The Morgan fingerprint density at radius 1 is 1.08 bits per heavy atom. The summed E-state index contributed by atoms with van der Waals surface area (Å²) in [7, 11) is 0. The normalized spacial score (nSPS) is 13.5. The van der Waals surface area contributed by atoms with E-state index in [1.54, 1.807) is 48.5 Å². The van der Waals surface area contributed by atoms with Gasteiger partial charge in [-0.25, -0.2) is 18.7 Å². The van der Waals surface area contributed by atoms with Gasteiger partial charge in [0, 0.05) is 43.4 Å². The lowest BCUT2D eigenvalue weighted by Crippen LogP contribution is -2.37. The molecule has 0 radical (unpaired) electrons. The predicted octanol–water partition coefficient (Wildman–Crippen LogP) is 3.70. The van der Waals surface area contributed by atoms with E-state index in [-0.39, 0.29) is 18.4 Å². The van der Waals surface area contributed by atoms with Crippen LogP contribution in [0.3, 0.4) is 0 Å². The second-order valence-electron chi connectivity index (χ2n) is 8.82. The second kappa shape index (κ2) is 11.9. The standard InChI is InChI=1S/C27H26F2N8O2/c28-25(29)26-33-20-4-1-2-5-22(20)37(26)27-34-21(16-23(35-27)36-12-14-39-15-13-36)18-6-8-19(9-7-18)32-24(38)17-31-11-3-10-30/h1-2,4-9,16,25,31H,3,11-15,17H2,(H,32,38). The number of benzene rings is 2. The maximum absolute atomic E-state index is 14.1. The van der Waals surface area contributed by atoms with Gasteiger partial charge in [-0.2, -0.15) is 10.2 Å². The van der Waals surface area contributed by atoms with Crippen molar-refractivity contribution in [1.29, 1.82) is 5.26 Å². The first-order valence-corrected chi connectivity index (χ1v) is 12.5. The molecule has 1 saturated heterocycles. The zero-order valence-corrected chi connectivity index (χ0v) is 21.0. The Hall–Kier alpha value is -4.47. The summed E-state index contributed by atoms with van der Waals surface area (Å²) in [6.45, 7) is 2.80. The Morgan fingerprint density at radius 2 is 1.85 bits per heavy atom. The molecule has 0 saturated carbocycles. The molecule has 0 spiro atoms. The fourth-order valence-corrected chi connectivity index (χ4v) is 4.30. The molecule has 5 rings (SSSR count). The highest BCUT2D eigenvalue weighted by Crippen LogP contribution is 2.30. The lowest BCUT2D eigenvalue weighted by Gasteiger charge is -2.28. The number of hydrogen-bond donors (Lipinski definition) is 2. The third kappa shape index (κ3) is 6.00. The van der Waals surface area contributed by atoms with E-state index in [1.165, 1.54) is 4.57 Å². The van der Waals surface area contributed by atoms with Crippen LogP contribution in [0.1, 0.15) is 18.7 Å². The number of para-hydroxylation sites is 2. The number of carbonyl (C=O) groups is 1. The summed E-state index contributed by atoms with van der Waals surface area (Å²) in [6, 6.07) is 17.8. The molecule has 10 nitrogen and oxygen atoms in total. The van der Waals surface area contributed by atoms with Crippen molar-refractivity contribution in [3.8, 4) is 23.3 Å². The third-order valence-electron chi connectivity index (χ3n) is 6.18. The number of rotatable bonds is 9. The Balaban J connectivity index is 1.49. The minimum Gasteiger partial charge on any atom is -0.378 e. The predicted molar refractivity (Wildman–Crippen MR) is 142 cm³/mol. The van der Waals surface area contributed by atoms with E-state index in [9.17, 15) is 13.6 Å². The van der Waals surface area contributed by atoms with Crippen LogP contribution in [-0.2, 0) is 9.53 Å². The van der Waals surface area contributed by atoms with Crippen molar-refractivity contribution in [2.75, 3.05) is 49.6 Å². The van der Waals surface area contributed by atoms with Crippen LogP contribution < -0.4 is 15.5 Å². The Bertz CT molecular complexity index is 1490. The van der Waals surface area contributed by atoms with Gasteiger partial charge in [-0.3, -0.25) is 9.36 Å². The van der Waals surface area contributed by atoms with Gasteiger partial charge in [0.15, 0.2) is 5.82 Å². The number of hydrogen-bond acceptors (Lipinski definition) is 8. The van der Waals surface area contributed by atoms with Crippen molar-refractivity contribution < 1.29 is 18.3 Å². The van der Waals surface area contributed by atoms with Crippen LogP contribution in [0.5, 0.6) is 0 Å². The van der Waals surface area contributed by atoms with Crippen LogP contribution in [0.2, 0.25) is 0 Å². The van der Waals surface area contributed by atoms with Gasteiger partial charge in [0.25, 0.3) is 6.43 Å². The minimum atomic E-state index is -2.83. The second-order valence-corrected chi connectivity index (χ2v) is 8.82. The van der Waals surface area contributed by atoms with Crippen molar-refractivity contribution in [2.45, 2.75) is 12.8 Å². The number of alkyl halides is 2. The number of fused-ring (bicyclic) bond motifs is 1. The van der Waals surface area contributed by atoms with Crippen LogP contribution >= 0.6 is 0 Å². The first-order valence-electron chi connectivity index (χ1n) is 12.5. The summed E-state index contributed by atoms with van der Waals surface area (Å²) in [5.74, 6) is 0.0322. The SMILES string of the molecule is N#CCCNCC(=O)Nc1ccc(-c2cc(N3CCOCC3)nc(-n3c(C(F)F)nc4ccccc43)n2)cc1. The number of carbonyl (C=O) groups excluding carboxylic acids is 1. The van der Waals surface area contributed by atoms with Gasteiger partial charge in [0.05, 0.1) is 42.6 Å². The van der Waals surface area contributed by atoms with Crippen molar-refractivity contribution in [3.63, 3.8) is 0 Å². The molecule has 200 valence electrons. The average molecular weight is 533 g/mol. The number of anilines is 2. The lowest BCUT2D eigenvalue weighted by atomic mass is 10.1. The Labute approximate surface area is 223 Å². The largest absolute Gasteiger partial charge is 0.378 e. The molecule has 0 atom stereocenters. The van der Waals surface area contributed by atoms with Gasteiger partial charge in [-0.15, -0.1) is 0 Å². The van der Waals surface area contributed by atoms with E-state index in [0.717, 1.165) is 5.56 Å². The molecule has 1 aliphatic heterocycles. The topological polar surface area (TPSA) is 121 Å². The summed E-state index contributed by atoms with van der Waals surface area (Å²) in [5.41, 5.74) is 2.77. The van der Waals surface area contributed by atoms with Crippen LogP contribution in [0.25, 0.3) is 28.2 Å². The number of morpholine rings is 1. The summed E-state index contributed by atoms with van der Waals surface area (Å²) in [6.07, 6.45) is -2.50. The number of nitrogens with zero attached hydrogens (tertiary/aromatic N) is 6. The maximum atomic E-state index is 14.1. The van der Waals surface area contributed by atoms with Gasteiger partial charge in [0.1, 0.15) is 5.82 Å². The number of nitrogens with one attached hydrogen (secondary N) is 2. The van der Waals surface area contributed by atoms with E-state index >= 15 is 0 Å². The quantitative estimate of drug-likeness (QED) is 0.313. The van der Waals surface area contributed by atoms with E-state index in [0.29, 0.717) is 67.5 Å². The lowest BCUT2D eigenvalue weighted by molar-refractivity contribution is -0.115. The van der Waals surface area contributed by atoms with E-state index in [2.05, 4.69) is 25.6 Å². The van der Waals surface area contributed by atoms with Crippen molar-refractivity contribution in [2.24, 2.45) is 0 Å². The summed E-state index contributed by atoms with van der Waals surface area (Å²) < 4.78 is 34.9. The third-order valence-corrected chi connectivity index (χ3v) is 6.18. The molecule has 0 unspecified atom stereocenters. The van der Waals surface area contributed by atoms with Crippen molar-refractivity contribution in [1.82, 2.24) is 24.8 Å². The van der Waals surface area contributed by atoms with Gasteiger partial charge in [-0.1, -0.05) is 24.3 Å². The molecule has 39 heavy (non-hydrogen) atoms. The van der Waals surface area contributed by atoms with Crippen LogP contribution in [0, 0.1) is 11.3 Å². The number of halogens is 2. The van der Waals surface area contributed by atoms with Crippen molar-refractivity contribution in [3.05, 3.63) is 60.4 Å². The van der Waals surface area contributed by atoms with E-state index in [4.69, 9.17) is 10.00 Å². The van der Waals surface area contributed by atoms with E-state index in [1.807, 2.05) is 17.0 Å². The molecule has 1 aliphatic rings. The summed E-state index contributed by atoms with van der Waals surface area (Å²) >= 11 is 0. The highest BCUT2D eigenvalue weighted by molar-refractivity contribution is 5.92. The summed E-state index contributed by atoms with van der Waals surface area (Å²) in [5, 5.41) is 14.3. The van der Waals surface area contributed by atoms with Crippen LogP contribution in [-0.4, -0.2) is 64.8 Å². The van der Waals surface area contributed by atoms with Gasteiger partial charge < -0.3 is 20.3 Å². The Morgan fingerprint density at radius 3 is 2.59 bits per heavy atom. The molecule has 1 fully saturated rings. The number of aromatic nitrogens is 4. The molecule has 12 heteroatoms. The fraction of sp³-hybridized carbons (Fsp3) is 0.296. The van der Waals surface area contributed by atoms with Crippen LogP contribution in [0.15, 0.2) is 54.6 Å². The monoisotopic (exact) mass is 532 g/mol. The molecule has 0 bridgehead atoms. The Kier molecular flexibility index (Phi) is 8.00. The summed E-state index contributed by atoms with van der Waals surface area (Å²) in [4.78, 5) is 27.7. The first-order chi connectivity index (χ1) is 19.0. The van der Waals surface area contributed by atoms with Gasteiger partial charge in [0.2, 0.25) is 11.9 Å². The molecular weight excluding hydrogens is 506 g/mol. The zero-order valence-electron chi connectivity index (χ0n) is 21.0. The molecule has 2 aromatic heterocycles. The molecule has 3 heterocycles. The van der Waals surface area contributed by atoms with Crippen molar-refractivity contribution >= 4 is 28.4 Å². The molecule has 2 aromatic carbocycles. The van der Waals surface area contributed by atoms with E-state index < -0.39 is 12.2 Å². The zero-order chi connectivity index (χ0) is 27.2. The molecule has 2 N–H and O–H groups in total. The molecule has 0 aliphatic carbocycles. The first kappa shape index (κ1) is 26.1. The van der Waals surface area contributed by atoms with Gasteiger partial charge >= 0.3 is 0 Å². The molecule has 4 aromatic rings. The number of ether oxygens (including phenoxy) is 1. The highest BCUT2D eigenvalue weighted by atomic mass is 19.3. The number of amides is 1. The molecular formula is C27H26F2N8O2. The molecule has 1 amide bonds. The average Bonchev–Trinajstić information content (AvgIpc) is 3.36. The van der Waals surface area contributed by atoms with Gasteiger partial charge in [-0.05, 0) is 24.3 Å². The van der Waals surface area contributed by atoms with Crippen LogP contribution in [0.4, 0.5) is 20.3 Å². The fourth-order valence-electron chi connectivity index (χ4n) is 4.30. The number of imidazole rings is 1. The smallest absolute Gasteiger partial charge is 0.296 e.